The molecule has 1 unspecified atom stereocenters. The van der Waals surface area contributed by atoms with Crippen LogP contribution in [0, 0.1) is 12.8 Å². The molecule has 2 N–H and O–H groups in total. The van der Waals surface area contributed by atoms with E-state index in [1.807, 2.05) is 32.3 Å². The fourth-order valence-electron chi connectivity index (χ4n) is 1.73. The molecule has 0 amide bonds. The smallest absolute Gasteiger partial charge is 0.194 e. The third-order valence-corrected chi connectivity index (χ3v) is 3.73. The summed E-state index contributed by atoms with van der Waals surface area (Å²) in [6, 6.07) is 0. The highest BCUT2D eigenvalue weighted by Gasteiger charge is 2.11. The molecule has 0 aliphatic carbocycles. The van der Waals surface area contributed by atoms with Gasteiger partial charge in [-0.3, -0.25) is 4.40 Å². The van der Waals surface area contributed by atoms with E-state index in [-0.39, 0.29) is 12.0 Å². The number of fused-ring (bicyclic) bond motifs is 1. The van der Waals surface area contributed by atoms with Crippen molar-refractivity contribution in [3.63, 3.8) is 0 Å². The van der Waals surface area contributed by atoms with Crippen molar-refractivity contribution in [1.82, 2.24) is 14.7 Å². The number of aliphatic hydroxyl groups is 1. The lowest BCUT2D eigenvalue weighted by atomic mass is 10.1. The molecule has 2 heterocycles. The van der Waals surface area contributed by atoms with E-state index in [4.69, 9.17) is 0 Å². The first-order valence-corrected chi connectivity index (χ1v) is 6.77. The second-order valence-electron chi connectivity index (χ2n) is 4.64. The van der Waals surface area contributed by atoms with E-state index in [9.17, 15) is 5.11 Å². The van der Waals surface area contributed by atoms with E-state index >= 15 is 0 Å². The van der Waals surface area contributed by atoms with Crippen LogP contribution < -0.4 is 5.32 Å². The molecule has 2 rings (SSSR count). The van der Waals surface area contributed by atoms with Gasteiger partial charge in [0.25, 0.3) is 0 Å². The van der Waals surface area contributed by atoms with E-state index < -0.39 is 0 Å². The minimum absolute atomic E-state index is 0.287. The summed E-state index contributed by atoms with van der Waals surface area (Å²) in [7, 11) is 0. The van der Waals surface area contributed by atoms with Gasteiger partial charge < -0.3 is 10.4 Å². The minimum atomic E-state index is -0.291. The number of aryl methyl sites for hydroxylation is 1. The molecule has 0 aliphatic rings. The normalized spacial score (nSPS) is 13.7. The van der Waals surface area contributed by atoms with Gasteiger partial charge in [0, 0.05) is 24.7 Å². The first kappa shape index (κ1) is 12.5. The summed E-state index contributed by atoms with van der Waals surface area (Å²) < 4.78 is 2.11. The molecular weight excluding hydrogens is 234 g/mol. The lowest BCUT2D eigenvalue weighted by Gasteiger charge is -2.15. The number of aromatic nitrogens is 2. The molecule has 0 radical (unpaired) electrons. The van der Waals surface area contributed by atoms with Gasteiger partial charge in [0.1, 0.15) is 0 Å². The summed E-state index contributed by atoms with van der Waals surface area (Å²) in [6.45, 7) is 7.43. The average Bonchev–Trinajstić information content (AvgIpc) is 2.80. The minimum Gasteiger partial charge on any atom is -0.392 e. The zero-order valence-corrected chi connectivity index (χ0v) is 11.3. The lowest BCUT2D eigenvalue weighted by Crippen LogP contribution is -2.30. The van der Waals surface area contributed by atoms with E-state index in [1.165, 1.54) is 5.69 Å². The van der Waals surface area contributed by atoms with Crippen LogP contribution in [0.4, 0.5) is 0 Å². The van der Waals surface area contributed by atoms with Crippen LogP contribution in [-0.4, -0.2) is 27.1 Å². The molecule has 0 saturated carbocycles. The second kappa shape index (κ2) is 5.16. The van der Waals surface area contributed by atoms with Gasteiger partial charge in [-0.1, -0.05) is 13.8 Å². The monoisotopic (exact) mass is 253 g/mol. The van der Waals surface area contributed by atoms with Crippen molar-refractivity contribution >= 4 is 16.3 Å². The summed E-state index contributed by atoms with van der Waals surface area (Å²) in [5, 5.41) is 15.0. The van der Waals surface area contributed by atoms with Gasteiger partial charge in [-0.05, 0) is 12.8 Å². The van der Waals surface area contributed by atoms with Crippen LogP contribution >= 0.6 is 11.3 Å². The third kappa shape index (κ3) is 2.68. The number of hydrogen-bond acceptors (Lipinski definition) is 4. The van der Waals surface area contributed by atoms with Crippen molar-refractivity contribution in [2.24, 2.45) is 5.92 Å². The van der Waals surface area contributed by atoms with E-state index in [1.54, 1.807) is 11.3 Å². The molecule has 94 valence electrons. The largest absolute Gasteiger partial charge is 0.392 e. The number of nitrogens with zero attached hydrogens (tertiary/aromatic N) is 2. The SMILES string of the molecule is Cc1nc2sccn2c1CNCC(O)C(C)C. The zero-order chi connectivity index (χ0) is 12.4. The highest BCUT2D eigenvalue weighted by atomic mass is 32.1. The molecule has 4 nitrogen and oxygen atoms in total. The van der Waals surface area contributed by atoms with Gasteiger partial charge in [-0.2, -0.15) is 0 Å². The van der Waals surface area contributed by atoms with Crippen LogP contribution in [-0.2, 0) is 6.54 Å². The molecule has 5 heteroatoms. The number of thiazole rings is 1. The van der Waals surface area contributed by atoms with Crippen LogP contribution in [0.2, 0.25) is 0 Å². The van der Waals surface area contributed by atoms with Crippen molar-refractivity contribution in [1.29, 1.82) is 0 Å². The molecule has 0 saturated heterocycles. The van der Waals surface area contributed by atoms with Crippen molar-refractivity contribution in [2.45, 2.75) is 33.4 Å². The maximum atomic E-state index is 9.71. The van der Waals surface area contributed by atoms with Crippen LogP contribution in [0.25, 0.3) is 4.96 Å². The van der Waals surface area contributed by atoms with Crippen molar-refractivity contribution in [3.8, 4) is 0 Å². The predicted octanol–water partition coefficient (Wildman–Crippen LogP) is 1.81. The average molecular weight is 253 g/mol. The Kier molecular flexibility index (Phi) is 3.81. The summed E-state index contributed by atoms with van der Waals surface area (Å²) in [5.41, 5.74) is 2.24. The van der Waals surface area contributed by atoms with E-state index in [0.29, 0.717) is 6.54 Å². The van der Waals surface area contributed by atoms with Crippen molar-refractivity contribution < 1.29 is 5.11 Å². The maximum Gasteiger partial charge on any atom is 0.194 e. The topological polar surface area (TPSA) is 49.6 Å². The first-order valence-electron chi connectivity index (χ1n) is 5.89. The van der Waals surface area contributed by atoms with Gasteiger partial charge in [-0.15, -0.1) is 11.3 Å². The molecular formula is C12H19N3OS. The highest BCUT2D eigenvalue weighted by Crippen LogP contribution is 2.16. The maximum absolute atomic E-state index is 9.71. The van der Waals surface area contributed by atoms with Gasteiger partial charge in [0.15, 0.2) is 4.96 Å². The van der Waals surface area contributed by atoms with Crippen LogP contribution in [0.3, 0.4) is 0 Å². The van der Waals surface area contributed by atoms with Crippen molar-refractivity contribution in [2.75, 3.05) is 6.54 Å². The molecule has 0 bridgehead atoms. The van der Waals surface area contributed by atoms with Crippen LogP contribution in [0.1, 0.15) is 25.2 Å². The van der Waals surface area contributed by atoms with E-state index in [0.717, 1.165) is 17.2 Å². The Morgan fingerprint density at radius 1 is 1.53 bits per heavy atom. The predicted molar refractivity (Wildman–Crippen MR) is 70.4 cm³/mol. The lowest BCUT2D eigenvalue weighted by molar-refractivity contribution is 0.123. The first-order chi connectivity index (χ1) is 8.09. The summed E-state index contributed by atoms with van der Waals surface area (Å²) >= 11 is 1.64. The number of imidazole rings is 1. The van der Waals surface area contributed by atoms with Crippen LogP contribution in [0.5, 0.6) is 0 Å². The Morgan fingerprint density at radius 2 is 2.29 bits per heavy atom. The van der Waals surface area contributed by atoms with Crippen molar-refractivity contribution in [3.05, 3.63) is 23.0 Å². The molecule has 0 fully saturated rings. The van der Waals surface area contributed by atoms with Gasteiger partial charge >= 0.3 is 0 Å². The zero-order valence-electron chi connectivity index (χ0n) is 10.5. The molecule has 0 spiro atoms. The Hall–Kier alpha value is -0.910. The molecule has 2 aromatic heterocycles. The van der Waals surface area contributed by atoms with Gasteiger partial charge in [0.05, 0.1) is 17.5 Å². The molecule has 17 heavy (non-hydrogen) atoms. The van der Waals surface area contributed by atoms with Crippen LogP contribution in [0.15, 0.2) is 11.6 Å². The van der Waals surface area contributed by atoms with E-state index in [2.05, 4.69) is 14.7 Å². The number of hydrogen-bond donors (Lipinski definition) is 2. The van der Waals surface area contributed by atoms with Gasteiger partial charge in [0.2, 0.25) is 0 Å². The molecule has 1 atom stereocenters. The Morgan fingerprint density at radius 3 is 3.00 bits per heavy atom. The molecule has 2 aromatic rings. The fraction of sp³-hybridized carbons (Fsp3) is 0.583. The number of nitrogens with one attached hydrogen (secondary N) is 1. The number of aliphatic hydroxyl groups excluding tert-OH is 1. The second-order valence-corrected chi connectivity index (χ2v) is 5.51. The molecule has 0 aliphatic heterocycles. The Balaban J connectivity index is 1.99. The summed E-state index contributed by atoms with van der Waals surface area (Å²) in [6.07, 6.45) is 1.75. The molecule has 0 aromatic carbocycles. The summed E-state index contributed by atoms with van der Waals surface area (Å²) in [4.78, 5) is 5.52. The van der Waals surface area contributed by atoms with Gasteiger partial charge in [-0.25, -0.2) is 4.98 Å². The standard InChI is InChI=1S/C12H19N3OS/c1-8(2)11(16)7-13-6-10-9(3)14-12-15(10)4-5-17-12/h4-5,8,11,13,16H,6-7H2,1-3H3. The Labute approximate surface area is 105 Å². The Bertz CT molecular complexity index is 489. The quantitative estimate of drug-likeness (QED) is 0.854. The highest BCUT2D eigenvalue weighted by molar-refractivity contribution is 7.15. The fourth-order valence-corrected chi connectivity index (χ4v) is 2.51. The number of rotatable bonds is 5. The third-order valence-electron chi connectivity index (χ3n) is 2.98. The summed E-state index contributed by atoms with van der Waals surface area (Å²) in [5.74, 6) is 0.287.